The fourth-order valence-electron chi connectivity index (χ4n) is 4.87. The zero-order valence-electron chi connectivity index (χ0n) is 14.1. The zero-order chi connectivity index (χ0) is 17.6. The topological polar surface area (TPSA) is 99.7 Å². The Morgan fingerprint density at radius 3 is 1.79 bits per heavy atom. The normalized spacial score (nSPS) is 27.4. The number of nitrogens with two attached hydrogens (primary N) is 2. The van der Waals surface area contributed by atoms with Crippen LogP contribution in [0.5, 0.6) is 0 Å². The molecule has 0 spiro atoms. The molecule has 24 heavy (non-hydrogen) atoms. The number of amidine groups is 2. The van der Waals surface area contributed by atoms with Crippen LogP contribution in [0.1, 0.15) is 25.0 Å². The molecule has 2 unspecified atom stereocenters. The molecule has 0 heterocycles. The smallest absolute Gasteiger partial charge is 0.103 e. The summed E-state index contributed by atoms with van der Waals surface area (Å²) >= 11 is 0. The first kappa shape index (κ1) is 16.2. The molecule has 1 aliphatic carbocycles. The Labute approximate surface area is 142 Å². The summed E-state index contributed by atoms with van der Waals surface area (Å²) in [5.74, 6) is 0.167. The number of hydrogen-bond donors (Lipinski definition) is 4. The van der Waals surface area contributed by atoms with Crippen LogP contribution in [0, 0.1) is 21.6 Å². The van der Waals surface area contributed by atoms with Crippen molar-refractivity contribution in [2.45, 2.75) is 25.7 Å². The average Bonchev–Trinajstić information content (AvgIpc) is 3.01. The maximum absolute atomic E-state index is 8.39. The summed E-state index contributed by atoms with van der Waals surface area (Å²) in [6, 6.07) is 19.8. The highest BCUT2D eigenvalue weighted by Gasteiger charge is 2.85. The van der Waals surface area contributed by atoms with E-state index in [-0.39, 0.29) is 11.7 Å². The summed E-state index contributed by atoms with van der Waals surface area (Å²) in [4.78, 5) is 0. The van der Waals surface area contributed by atoms with Crippen molar-refractivity contribution in [2.75, 3.05) is 0 Å². The van der Waals surface area contributed by atoms with Crippen LogP contribution in [-0.2, 0) is 11.8 Å². The Bertz CT molecular complexity index is 782. The molecule has 2 aromatic rings. The fraction of sp³-hybridized carbons (Fsp3) is 0.300. The Kier molecular flexibility index (Phi) is 3.52. The summed E-state index contributed by atoms with van der Waals surface area (Å²) in [5, 5.41) is 16.8. The molecule has 0 bridgehead atoms. The van der Waals surface area contributed by atoms with Crippen molar-refractivity contribution in [2.24, 2.45) is 22.3 Å². The zero-order valence-corrected chi connectivity index (χ0v) is 14.1. The van der Waals surface area contributed by atoms with E-state index in [0.29, 0.717) is 6.42 Å². The predicted molar refractivity (Wildman–Crippen MR) is 98.3 cm³/mol. The lowest BCUT2D eigenvalue weighted by Crippen LogP contribution is -2.41. The minimum absolute atomic E-state index is 0.0739. The van der Waals surface area contributed by atoms with Gasteiger partial charge in [-0.2, -0.15) is 0 Å². The molecule has 1 saturated carbocycles. The maximum atomic E-state index is 8.39. The summed E-state index contributed by atoms with van der Waals surface area (Å²) in [6.45, 7) is 4.12. The number of hydrogen-bond acceptors (Lipinski definition) is 2. The van der Waals surface area contributed by atoms with E-state index in [1.807, 2.05) is 60.7 Å². The van der Waals surface area contributed by atoms with Crippen LogP contribution >= 0.6 is 0 Å². The molecule has 0 aliphatic heterocycles. The molecule has 2 aromatic carbocycles. The standard InChI is InChI=1S/C20H24N4/c1-18(2)19(16(21)22,13-14-9-5-3-6-10-14)20(18,17(23)24)15-11-7-4-8-12-15/h3-12H,13H2,1-2H3,(H3,21,22)(H3,23,24). The average molecular weight is 320 g/mol. The van der Waals surface area contributed by atoms with E-state index in [1.165, 1.54) is 0 Å². The first-order valence-corrected chi connectivity index (χ1v) is 8.11. The Balaban J connectivity index is 2.22. The summed E-state index contributed by atoms with van der Waals surface area (Å²) in [5.41, 5.74) is 12.4. The van der Waals surface area contributed by atoms with Crippen molar-refractivity contribution in [1.29, 1.82) is 10.8 Å². The Hall–Kier alpha value is -2.62. The first-order valence-electron chi connectivity index (χ1n) is 8.11. The van der Waals surface area contributed by atoms with Gasteiger partial charge in [0.15, 0.2) is 0 Å². The lowest BCUT2D eigenvalue weighted by molar-refractivity contribution is 0.484. The number of rotatable bonds is 5. The van der Waals surface area contributed by atoms with Crippen LogP contribution in [0.4, 0.5) is 0 Å². The summed E-state index contributed by atoms with van der Waals surface area (Å²) < 4.78 is 0. The van der Waals surface area contributed by atoms with Gasteiger partial charge < -0.3 is 11.5 Å². The highest BCUT2D eigenvalue weighted by molar-refractivity contribution is 6.07. The predicted octanol–water partition coefficient (Wildman–Crippen LogP) is 3.07. The third-order valence-electron chi connectivity index (χ3n) is 5.96. The third-order valence-corrected chi connectivity index (χ3v) is 5.96. The van der Waals surface area contributed by atoms with Gasteiger partial charge in [-0.1, -0.05) is 74.5 Å². The SMILES string of the molecule is CC1(C)C(Cc2ccccc2)(C(=N)N)C1(C(=N)N)c1ccccc1. The lowest BCUT2D eigenvalue weighted by atomic mass is 9.80. The molecule has 0 radical (unpaired) electrons. The lowest BCUT2D eigenvalue weighted by Gasteiger charge is -2.25. The van der Waals surface area contributed by atoms with Crippen LogP contribution in [-0.4, -0.2) is 11.7 Å². The molecule has 1 aliphatic rings. The number of nitrogens with one attached hydrogen (secondary N) is 2. The molecule has 0 saturated heterocycles. The van der Waals surface area contributed by atoms with Gasteiger partial charge in [-0.05, 0) is 23.0 Å². The highest BCUT2D eigenvalue weighted by Crippen LogP contribution is 2.79. The van der Waals surface area contributed by atoms with E-state index in [4.69, 9.17) is 22.3 Å². The van der Waals surface area contributed by atoms with Crippen LogP contribution < -0.4 is 11.5 Å². The highest BCUT2D eigenvalue weighted by atomic mass is 15.0. The molecular weight excluding hydrogens is 296 g/mol. The van der Waals surface area contributed by atoms with Gasteiger partial charge in [0.25, 0.3) is 0 Å². The second-order valence-corrected chi connectivity index (χ2v) is 7.14. The van der Waals surface area contributed by atoms with Crippen molar-refractivity contribution < 1.29 is 0 Å². The largest absolute Gasteiger partial charge is 0.387 e. The summed E-state index contributed by atoms with van der Waals surface area (Å²) in [7, 11) is 0. The molecule has 4 nitrogen and oxygen atoms in total. The van der Waals surface area contributed by atoms with E-state index >= 15 is 0 Å². The Morgan fingerprint density at radius 2 is 1.33 bits per heavy atom. The molecular formula is C20H24N4. The van der Waals surface area contributed by atoms with E-state index in [9.17, 15) is 0 Å². The van der Waals surface area contributed by atoms with Crippen molar-refractivity contribution in [3.05, 3.63) is 71.8 Å². The van der Waals surface area contributed by atoms with Crippen LogP contribution in [0.2, 0.25) is 0 Å². The molecule has 0 aromatic heterocycles. The minimum atomic E-state index is -0.761. The van der Waals surface area contributed by atoms with Gasteiger partial charge in [-0.25, -0.2) is 0 Å². The fourth-order valence-corrected chi connectivity index (χ4v) is 4.87. The van der Waals surface area contributed by atoms with Gasteiger partial charge in [0.2, 0.25) is 0 Å². The molecule has 124 valence electrons. The molecule has 3 rings (SSSR count). The van der Waals surface area contributed by atoms with E-state index in [1.54, 1.807) is 0 Å². The number of benzene rings is 2. The van der Waals surface area contributed by atoms with Gasteiger partial charge in [-0.15, -0.1) is 0 Å². The minimum Gasteiger partial charge on any atom is -0.387 e. The second-order valence-electron chi connectivity index (χ2n) is 7.14. The molecule has 1 fully saturated rings. The quantitative estimate of drug-likeness (QED) is 0.503. The van der Waals surface area contributed by atoms with Crippen molar-refractivity contribution in [3.8, 4) is 0 Å². The van der Waals surface area contributed by atoms with E-state index < -0.39 is 16.2 Å². The van der Waals surface area contributed by atoms with Crippen LogP contribution in [0.25, 0.3) is 0 Å². The third kappa shape index (κ3) is 1.74. The van der Waals surface area contributed by atoms with Crippen LogP contribution in [0.15, 0.2) is 60.7 Å². The van der Waals surface area contributed by atoms with Crippen molar-refractivity contribution in [3.63, 3.8) is 0 Å². The van der Waals surface area contributed by atoms with Gasteiger partial charge in [0.1, 0.15) is 5.84 Å². The van der Waals surface area contributed by atoms with Crippen molar-refractivity contribution >= 4 is 11.7 Å². The molecule has 6 N–H and O–H groups in total. The van der Waals surface area contributed by atoms with E-state index in [2.05, 4.69) is 13.8 Å². The van der Waals surface area contributed by atoms with Gasteiger partial charge >= 0.3 is 0 Å². The van der Waals surface area contributed by atoms with Gasteiger partial charge in [-0.3, -0.25) is 10.8 Å². The molecule has 2 atom stereocenters. The van der Waals surface area contributed by atoms with Crippen molar-refractivity contribution in [1.82, 2.24) is 0 Å². The Morgan fingerprint density at radius 1 is 0.833 bits per heavy atom. The monoisotopic (exact) mass is 320 g/mol. The van der Waals surface area contributed by atoms with Gasteiger partial charge in [0.05, 0.1) is 16.7 Å². The molecule has 0 amide bonds. The van der Waals surface area contributed by atoms with Gasteiger partial charge in [0, 0.05) is 0 Å². The second kappa shape index (κ2) is 5.20. The molecule has 4 heteroatoms. The van der Waals surface area contributed by atoms with Crippen LogP contribution in [0.3, 0.4) is 0 Å². The summed E-state index contributed by atoms with van der Waals surface area (Å²) in [6.07, 6.45) is 0.588. The maximum Gasteiger partial charge on any atom is 0.103 e. The van der Waals surface area contributed by atoms with E-state index in [0.717, 1.165) is 11.1 Å². The first-order chi connectivity index (χ1) is 11.3.